The predicted octanol–water partition coefficient (Wildman–Crippen LogP) is 0.747. The quantitative estimate of drug-likeness (QED) is 0.197. The number of thioether (sulfide) groups is 1. The van der Waals surface area contributed by atoms with Crippen LogP contribution in [0.2, 0.25) is 0 Å². The number of rotatable bonds is 7. The Morgan fingerprint density at radius 1 is 1.07 bits per heavy atom. The summed E-state index contributed by atoms with van der Waals surface area (Å²) in [6, 6.07) is 4.65. The molecule has 3 amide bonds. The first kappa shape index (κ1) is 28.7. The van der Waals surface area contributed by atoms with Gasteiger partial charge < -0.3 is 30.3 Å². The number of ether oxygens (including phenoxy) is 2. The van der Waals surface area contributed by atoms with Gasteiger partial charge in [-0.1, -0.05) is 30.3 Å². The van der Waals surface area contributed by atoms with Gasteiger partial charge in [-0.2, -0.15) is 10.6 Å². The fourth-order valence-corrected chi connectivity index (χ4v) is 9.51. The van der Waals surface area contributed by atoms with Crippen molar-refractivity contribution in [2.45, 2.75) is 78.5 Å². The molecular weight excluding hydrogens is 564 g/mol. The SMILES string of the molecule is CC1(C)S[C@H]2[C@@H](NC(=O)C(N)c3ccccc3)C(=O)N2[C@@H]1C(=O)OCOC(=O)[C@@H]1N2C(=O)CC2S(O)(O)C1(C)C. The number of benzene rings is 1. The number of hydrogen-bond donors (Lipinski definition) is 4. The van der Waals surface area contributed by atoms with E-state index in [4.69, 9.17) is 15.2 Å². The van der Waals surface area contributed by atoms with Crippen LogP contribution < -0.4 is 11.1 Å². The van der Waals surface area contributed by atoms with Gasteiger partial charge in [-0.05, 0) is 33.3 Å². The van der Waals surface area contributed by atoms with E-state index in [0.717, 1.165) is 4.90 Å². The van der Waals surface area contributed by atoms with Crippen LogP contribution in [0.25, 0.3) is 0 Å². The fourth-order valence-electron chi connectivity index (χ4n) is 5.72. The Morgan fingerprint density at radius 3 is 2.27 bits per heavy atom. The minimum atomic E-state index is -3.30. The van der Waals surface area contributed by atoms with E-state index in [1.54, 1.807) is 44.2 Å². The number of nitrogens with zero attached hydrogens (tertiary/aromatic N) is 2. The molecule has 15 heteroatoms. The highest BCUT2D eigenvalue weighted by atomic mass is 32.3. The van der Waals surface area contributed by atoms with Crippen LogP contribution in [-0.2, 0) is 33.4 Å². The first-order valence-corrected chi connectivity index (χ1v) is 15.1. The number of β-lactam (4-membered cyclic amide) rings is 2. The highest BCUT2D eigenvalue weighted by Crippen LogP contribution is 2.68. The monoisotopic (exact) mass is 596 g/mol. The zero-order valence-electron chi connectivity index (χ0n) is 22.3. The molecule has 4 heterocycles. The maximum Gasteiger partial charge on any atom is 0.334 e. The number of carbonyl (C=O) groups is 5. The highest BCUT2D eigenvalue weighted by Gasteiger charge is 2.68. The van der Waals surface area contributed by atoms with E-state index in [1.165, 1.54) is 30.5 Å². The van der Waals surface area contributed by atoms with Gasteiger partial charge >= 0.3 is 11.9 Å². The lowest BCUT2D eigenvalue weighted by molar-refractivity contribution is -0.181. The van der Waals surface area contributed by atoms with Crippen LogP contribution in [0, 0.1) is 0 Å². The van der Waals surface area contributed by atoms with Gasteiger partial charge in [0.25, 0.3) is 0 Å². The Bertz CT molecular complexity index is 1270. The summed E-state index contributed by atoms with van der Waals surface area (Å²) in [5.41, 5.74) is 6.65. The summed E-state index contributed by atoms with van der Waals surface area (Å²) in [5, 5.41) is 1.31. The molecule has 1 aromatic carbocycles. The number of fused-ring (bicyclic) bond motifs is 2. The van der Waals surface area contributed by atoms with Crippen molar-refractivity contribution >= 4 is 52.0 Å². The molecule has 5 rings (SSSR count). The van der Waals surface area contributed by atoms with E-state index in [2.05, 4.69) is 5.32 Å². The zero-order chi connectivity index (χ0) is 29.4. The van der Waals surface area contributed by atoms with Crippen LogP contribution in [-0.4, -0.2) is 93.7 Å². The maximum absolute atomic E-state index is 13.1. The summed E-state index contributed by atoms with van der Waals surface area (Å²) >= 11 is 1.33. The van der Waals surface area contributed by atoms with Gasteiger partial charge in [-0.3, -0.25) is 23.5 Å². The molecular formula is C25H32N4O9S2. The van der Waals surface area contributed by atoms with Crippen molar-refractivity contribution in [3.63, 3.8) is 0 Å². The maximum atomic E-state index is 13.1. The Kier molecular flexibility index (Phi) is 6.89. The molecule has 40 heavy (non-hydrogen) atoms. The van der Waals surface area contributed by atoms with Gasteiger partial charge in [0, 0.05) is 4.75 Å². The van der Waals surface area contributed by atoms with E-state index in [1.807, 2.05) is 0 Å². The van der Waals surface area contributed by atoms with Gasteiger partial charge in [-0.25, -0.2) is 9.59 Å². The summed E-state index contributed by atoms with van der Waals surface area (Å²) in [6.45, 7) is 5.68. The summed E-state index contributed by atoms with van der Waals surface area (Å²) in [7, 11) is -3.30. The molecule has 13 nitrogen and oxygen atoms in total. The number of nitrogens with one attached hydrogen (secondary N) is 1. The molecule has 4 fully saturated rings. The average Bonchev–Trinajstić information content (AvgIpc) is 3.22. The lowest BCUT2D eigenvalue weighted by atomic mass is 9.95. The Labute approximate surface area is 236 Å². The standard InChI is InChI=1S/C25H32N4O9S2/c1-24(2)17(29-20(32)16(21(29)39-24)27-19(31)15(26)12-8-6-5-7-9-12)22(33)37-11-38-23(34)18-25(3,4)40(35,36)14-10-13(30)28(14)18/h5-9,14-18,21,35-36H,10-11,26H2,1-4H3,(H,27,31)/t14?,15?,16-,17+,18-,21-/m0/s1. The fraction of sp³-hybridized carbons (Fsp3) is 0.560. The number of amides is 3. The molecule has 4 aliphatic heterocycles. The van der Waals surface area contributed by atoms with Gasteiger partial charge in [0.15, 0.2) is 6.04 Å². The Morgan fingerprint density at radius 2 is 1.68 bits per heavy atom. The molecule has 218 valence electrons. The number of nitrogens with two attached hydrogens (primary N) is 1. The van der Waals surface area contributed by atoms with Gasteiger partial charge in [0.05, 0.1) is 11.2 Å². The van der Waals surface area contributed by atoms with Crippen molar-refractivity contribution in [1.82, 2.24) is 15.1 Å². The molecule has 0 radical (unpaired) electrons. The smallest absolute Gasteiger partial charge is 0.334 e. The minimum absolute atomic E-state index is 0.0658. The second kappa shape index (κ2) is 9.62. The third-order valence-electron chi connectivity index (χ3n) is 8.07. The van der Waals surface area contributed by atoms with Crippen LogP contribution in [0.4, 0.5) is 0 Å². The molecule has 4 aliphatic rings. The van der Waals surface area contributed by atoms with Crippen LogP contribution in [0.1, 0.15) is 45.7 Å². The number of carbonyl (C=O) groups excluding carboxylic acids is 5. The number of esters is 2. The summed E-state index contributed by atoms with van der Waals surface area (Å²) in [5.74, 6) is -3.11. The molecule has 1 aromatic rings. The third kappa shape index (κ3) is 4.17. The largest absolute Gasteiger partial charge is 0.426 e. The lowest BCUT2D eigenvalue weighted by Crippen LogP contribution is -2.71. The van der Waals surface area contributed by atoms with Crippen LogP contribution in [0.3, 0.4) is 0 Å². The highest BCUT2D eigenvalue weighted by molar-refractivity contribution is 8.26. The van der Waals surface area contributed by atoms with E-state index in [0.29, 0.717) is 5.56 Å². The molecule has 5 N–H and O–H groups in total. The van der Waals surface area contributed by atoms with Gasteiger partial charge in [0.1, 0.15) is 28.9 Å². The summed E-state index contributed by atoms with van der Waals surface area (Å²) in [4.78, 5) is 66.2. The second-order valence-electron chi connectivity index (χ2n) is 11.2. The van der Waals surface area contributed by atoms with E-state index in [9.17, 15) is 33.1 Å². The first-order chi connectivity index (χ1) is 18.6. The summed E-state index contributed by atoms with van der Waals surface area (Å²) in [6.07, 6.45) is -0.0658. The average molecular weight is 597 g/mol. The van der Waals surface area contributed by atoms with E-state index < -0.39 is 91.5 Å². The van der Waals surface area contributed by atoms with Crippen molar-refractivity contribution in [3.8, 4) is 0 Å². The molecule has 0 spiro atoms. The van der Waals surface area contributed by atoms with Crippen LogP contribution in [0.5, 0.6) is 0 Å². The van der Waals surface area contributed by atoms with E-state index >= 15 is 0 Å². The third-order valence-corrected chi connectivity index (χ3v) is 12.6. The molecule has 4 saturated heterocycles. The normalized spacial score (nSPS) is 32.1. The molecule has 6 atom stereocenters. The number of hydrogen-bond acceptors (Lipinski definition) is 11. The second-order valence-corrected chi connectivity index (χ2v) is 15.8. The van der Waals surface area contributed by atoms with Crippen LogP contribution >= 0.6 is 22.4 Å². The van der Waals surface area contributed by atoms with Gasteiger partial charge in [0.2, 0.25) is 24.5 Å². The van der Waals surface area contributed by atoms with Crippen LogP contribution in [0.15, 0.2) is 30.3 Å². The van der Waals surface area contributed by atoms with Crippen molar-refractivity contribution in [3.05, 3.63) is 35.9 Å². The first-order valence-electron chi connectivity index (χ1n) is 12.6. The van der Waals surface area contributed by atoms with E-state index in [-0.39, 0.29) is 6.42 Å². The van der Waals surface area contributed by atoms with Crippen molar-refractivity contribution in [2.24, 2.45) is 5.73 Å². The van der Waals surface area contributed by atoms with Crippen molar-refractivity contribution < 1.29 is 42.6 Å². The summed E-state index contributed by atoms with van der Waals surface area (Å²) < 4.78 is 29.4. The minimum Gasteiger partial charge on any atom is -0.426 e. The zero-order valence-corrected chi connectivity index (χ0v) is 23.9. The Balaban J connectivity index is 1.18. The van der Waals surface area contributed by atoms with Crippen molar-refractivity contribution in [2.75, 3.05) is 6.79 Å². The lowest BCUT2D eigenvalue weighted by Gasteiger charge is -2.46. The van der Waals surface area contributed by atoms with Gasteiger partial charge in [-0.15, -0.1) is 11.8 Å². The topological polar surface area (TPSA) is 189 Å². The van der Waals surface area contributed by atoms with Crippen molar-refractivity contribution in [1.29, 1.82) is 0 Å². The molecule has 0 aliphatic carbocycles. The predicted molar refractivity (Wildman–Crippen MR) is 144 cm³/mol. The molecule has 0 bridgehead atoms. The molecule has 0 saturated carbocycles. The Hall–Kier alpha value is -2.85. The molecule has 2 unspecified atom stereocenters. The molecule has 0 aromatic heterocycles.